The lowest BCUT2D eigenvalue weighted by Gasteiger charge is -2.15. The van der Waals surface area contributed by atoms with Crippen LogP contribution >= 0.6 is 34.8 Å². The zero-order valence-corrected chi connectivity index (χ0v) is 16.0. The van der Waals surface area contributed by atoms with Gasteiger partial charge in [0, 0.05) is 37.3 Å². The van der Waals surface area contributed by atoms with Crippen molar-refractivity contribution in [3.8, 4) is 28.3 Å². The molecule has 0 radical (unpaired) electrons. The first-order valence-corrected chi connectivity index (χ1v) is 8.82. The second-order valence-corrected chi connectivity index (χ2v) is 7.02. The molecule has 0 unspecified atom stereocenters. The summed E-state index contributed by atoms with van der Waals surface area (Å²) in [6.07, 6.45) is -4.57. The maximum absolute atomic E-state index is 14.4. The van der Waals surface area contributed by atoms with E-state index in [9.17, 15) is 22.8 Å². The molecule has 1 nitrogen and oxygen atoms in total. The van der Waals surface area contributed by atoms with Crippen LogP contribution in [-0.4, -0.2) is 0 Å². The number of hydrogen-bond donors (Lipinski definition) is 0. The number of nitrogens with zero attached hydrogens (tertiary/aromatic N) is 1. The molecule has 0 aliphatic heterocycles. The zero-order valence-electron chi connectivity index (χ0n) is 13.7. The average molecular weight is 445 g/mol. The summed E-state index contributed by atoms with van der Waals surface area (Å²) in [5.41, 5.74) is -0.387. The van der Waals surface area contributed by atoms with Crippen LogP contribution in [0.5, 0.6) is 0 Å². The smallest absolute Gasteiger partial charge is 0.206 e. The van der Waals surface area contributed by atoms with Crippen molar-refractivity contribution in [1.29, 1.82) is 5.26 Å². The van der Waals surface area contributed by atoms with E-state index in [1.165, 1.54) is 24.3 Å². The fourth-order valence-electron chi connectivity index (χ4n) is 2.78. The Bertz CT molecular complexity index is 1120. The molecule has 0 saturated carbocycles. The van der Waals surface area contributed by atoms with E-state index in [1.54, 1.807) is 0 Å². The van der Waals surface area contributed by atoms with Crippen LogP contribution in [0, 0.1) is 17.1 Å². The van der Waals surface area contributed by atoms with Gasteiger partial charge < -0.3 is 0 Å². The lowest BCUT2D eigenvalue weighted by molar-refractivity contribution is -0.137. The van der Waals surface area contributed by atoms with Crippen molar-refractivity contribution in [2.45, 2.75) is 6.18 Å². The van der Waals surface area contributed by atoms with Crippen LogP contribution in [0.2, 0.25) is 15.1 Å². The molecule has 0 aromatic heterocycles. The van der Waals surface area contributed by atoms with Crippen molar-refractivity contribution >= 4 is 34.8 Å². The Morgan fingerprint density at radius 1 is 0.786 bits per heavy atom. The summed E-state index contributed by atoms with van der Waals surface area (Å²) in [5.74, 6) is -0.657. The van der Waals surface area contributed by atoms with Crippen LogP contribution in [0.25, 0.3) is 22.3 Å². The predicted molar refractivity (Wildman–Crippen MR) is 102 cm³/mol. The number of benzene rings is 3. The van der Waals surface area contributed by atoms with Gasteiger partial charge in [0.25, 0.3) is 0 Å². The molecule has 0 aliphatic carbocycles. The van der Waals surface area contributed by atoms with E-state index in [1.807, 2.05) is 6.07 Å². The molecule has 0 N–H and O–H groups in total. The van der Waals surface area contributed by atoms with E-state index in [-0.39, 0.29) is 42.9 Å². The van der Waals surface area contributed by atoms with Crippen molar-refractivity contribution in [2.24, 2.45) is 0 Å². The molecule has 0 amide bonds. The van der Waals surface area contributed by atoms with Crippen LogP contribution in [0.4, 0.5) is 17.6 Å². The van der Waals surface area contributed by atoms with Gasteiger partial charge in [0.1, 0.15) is 11.9 Å². The largest absolute Gasteiger partial charge is 0.416 e. The van der Waals surface area contributed by atoms with Gasteiger partial charge >= 0.3 is 6.18 Å². The highest BCUT2D eigenvalue weighted by Crippen LogP contribution is 2.42. The molecule has 0 saturated heterocycles. The summed E-state index contributed by atoms with van der Waals surface area (Å²) in [4.78, 5) is 0. The fraction of sp³-hybridized carbons (Fsp3) is 0.0500. The third-order valence-corrected chi connectivity index (χ3v) is 4.92. The second-order valence-electron chi connectivity index (χ2n) is 5.77. The van der Waals surface area contributed by atoms with Crippen LogP contribution < -0.4 is 0 Å². The highest BCUT2D eigenvalue weighted by molar-refractivity contribution is 6.37. The molecule has 0 fully saturated rings. The van der Waals surface area contributed by atoms with Gasteiger partial charge in [0.15, 0.2) is 0 Å². The minimum atomic E-state index is -4.57. The topological polar surface area (TPSA) is 23.8 Å². The van der Waals surface area contributed by atoms with Gasteiger partial charge in [-0.15, -0.1) is 0 Å². The first-order valence-electron chi connectivity index (χ1n) is 7.68. The summed E-state index contributed by atoms with van der Waals surface area (Å²) in [6, 6.07) is 11.5. The van der Waals surface area contributed by atoms with Crippen molar-refractivity contribution in [3.05, 3.63) is 80.5 Å². The lowest BCUT2D eigenvalue weighted by Crippen LogP contribution is -2.04. The quantitative estimate of drug-likeness (QED) is 0.367. The van der Waals surface area contributed by atoms with Crippen LogP contribution in [-0.2, 0) is 6.18 Å². The van der Waals surface area contributed by atoms with Crippen molar-refractivity contribution in [2.75, 3.05) is 0 Å². The fourth-order valence-corrected chi connectivity index (χ4v) is 3.48. The summed E-state index contributed by atoms with van der Waals surface area (Å²) in [5, 5.41) is 9.73. The van der Waals surface area contributed by atoms with Gasteiger partial charge in [-0.05, 0) is 36.4 Å². The minimum absolute atomic E-state index is 0.0182. The van der Waals surface area contributed by atoms with E-state index in [0.717, 1.165) is 24.3 Å². The Balaban J connectivity index is 2.27. The van der Waals surface area contributed by atoms with Gasteiger partial charge in [0.2, 0.25) is 0 Å². The van der Waals surface area contributed by atoms with Gasteiger partial charge in [0.05, 0.1) is 11.1 Å². The summed E-state index contributed by atoms with van der Waals surface area (Å²) >= 11 is 18.1. The number of hydrogen-bond acceptors (Lipinski definition) is 1. The molecule has 3 aromatic rings. The van der Waals surface area contributed by atoms with E-state index in [4.69, 9.17) is 34.8 Å². The minimum Gasteiger partial charge on any atom is -0.206 e. The highest BCUT2D eigenvalue weighted by Gasteiger charge is 2.31. The van der Waals surface area contributed by atoms with Gasteiger partial charge in [-0.25, -0.2) is 4.39 Å². The number of alkyl halides is 3. The molecule has 0 bridgehead atoms. The first kappa shape index (κ1) is 20.5. The third kappa shape index (κ3) is 3.81. The van der Waals surface area contributed by atoms with E-state index in [0.29, 0.717) is 0 Å². The Kier molecular flexibility index (Phi) is 5.58. The van der Waals surface area contributed by atoms with Crippen molar-refractivity contribution in [3.63, 3.8) is 0 Å². The molecule has 0 atom stereocenters. The first-order chi connectivity index (χ1) is 13.1. The Labute approximate surface area is 172 Å². The normalized spacial score (nSPS) is 11.4. The zero-order chi connectivity index (χ0) is 20.6. The molecular formula is C20H8Cl3F4N. The molecule has 8 heteroatoms. The van der Waals surface area contributed by atoms with Gasteiger partial charge in [-0.1, -0.05) is 46.9 Å². The Hall–Kier alpha value is -2.26. The highest BCUT2D eigenvalue weighted by atomic mass is 35.5. The summed E-state index contributed by atoms with van der Waals surface area (Å²) in [6.45, 7) is 0. The lowest BCUT2D eigenvalue weighted by atomic mass is 9.91. The van der Waals surface area contributed by atoms with Gasteiger partial charge in [-0.2, -0.15) is 18.4 Å². The van der Waals surface area contributed by atoms with Crippen LogP contribution in [0.15, 0.2) is 48.5 Å². The molecule has 3 rings (SSSR count). The molecule has 0 heterocycles. The Morgan fingerprint density at radius 2 is 1.43 bits per heavy atom. The molecule has 0 aliphatic rings. The predicted octanol–water partition coefficient (Wildman–Crippen LogP) is 8.01. The number of halogens is 7. The van der Waals surface area contributed by atoms with Crippen LogP contribution in [0.3, 0.4) is 0 Å². The van der Waals surface area contributed by atoms with E-state index < -0.39 is 17.6 Å². The second kappa shape index (κ2) is 7.63. The van der Waals surface area contributed by atoms with Crippen molar-refractivity contribution < 1.29 is 17.6 Å². The number of nitriles is 1. The standard InChI is InChI=1S/C20H8Cl3F4N/c21-11-2-4-13(18(24)8-11)12-5-6-16(22)19(15(12)9-28)14-3-1-10(7-17(14)23)20(25,26)27/h1-8H. The summed E-state index contributed by atoms with van der Waals surface area (Å²) in [7, 11) is 0. The SMILES string of the molecule is N#Cc1c(-c2ccc(Cl)cc2F)ccc(Cl)c1-c1ccc(C(F)(F)F)cc1Cl. The molecular weight excluding hydrogens is 437 g/mol. The van der Waals surface area contributed by atoms with E-state index >= 15 is 0 Å². The molecule has 3 aromatic carbocycles. The van der Waals surface area contributed by atoms with Crippen molar-refractivity contribution in [1.82, 2.24) is 0 Å². The summed E-state index contributed by atoms with van der Waals surface area (Å²) < 4.78 is 53.1. The molecule has 142 valence electrons. The molecule has 28 heavy (non-hydrogen) atoms. The van der Waals surface area contributed by atoms with Crippen LogP contribution in [0.1, 0.15) is 11.1 Å². The maximum Gasteiger partial charge on any atom is 0.416 e. The average Bonchev–Trinajstić information content (AvgIpc) is 2.61. The molecule has 0 spiro atoms. The van der Waals surface area contributed by atoms with E-state index in [2.05, 4.69) is 0 Å². The third-order valence-electron chi connectivity index (χ3n) is 4.05. The number of rotatable bonds is 2. The monoisotopic (exact) mass is 443 g/mol. The Morgan fingerprint density at radius 3 is 2.00 bits per heavy atom. The maximum atomic E-state index is 14.4. The van der Waals surface area contributed by atoms with Gasteiger partial charge in [-0.3, -0.25) is 0 Å².